The van der Waals surface area contributed by atoms with Gasteiger partial charge in [0.05, 0.1) is 0 Å². The van der Waals surface area contributed by atoms with Crippen LogP contribution in [0.4, 0.5) is 4.39 Å². The summed E-state index contributed by atoms with van der Waals surface area (Å²) in [5.41, 5.74) is 0.890. The van der Waals surface area contributed by atoms with E-state index in [-0.39, 0.29) is 18.3 Å². The molecule has 2 rings (SSSR count). The van der Waals surface area contributed by atoms with Gasteiger partial charge < -0.3 is 10.1 Å². The molecule has 0 aliphatic heterocycles. The number of halogens is 3. The second-order valence-corrected chi connectivity index (χ2v) is 5.40. The van der Waals surface area contributed by atoms with E-state index < -0.39 is 5.82 Å². The summed E-state index contributed by atoms with van der Waals surface area (Å²) < 4.78 is 18.4. The van der Waals surface area contributed by atoms with Gasteiger partial charge in [0.15, 0.2) is 18.2 Å². The second-order valence-electron chi connectivity index (χ2n) is 4.55. The number of para-hydroxylation sites is 1. The minimum atomic E-state index is -0.497. The third-order valence-corrected chi connectivity index (χ3v) is 3.51. The molecule has 3 nitrogen and oxygen atoms in total. The molecule has 1 N–H and O–H groups in total. The molecule has 0 aliphatic carbocycles. The van der Waals surface area contributed by atoms with Gasteiger partial charge in [-0.25, -0.2) is 4.39 Å². The first-order chi connectivity index (χ1) is 10.6. The van der Waals surface area contributed by atoms with Crippen LogP contribution in [0.1, 0.15) is 5.56 Å². The standard InChI is InChI=1S/C16H14Cl2FNO2/c17-12-6-5-11(13(18)9-12)7-8-20-16(21)10-22-15-4-2-1-3-14(15)19/h1-6,9H,7-8,10H2,(H,20,21). The molecule has 6 heteroatoms. The topological polar surface area (TPSA) is 38.3 Å². The quantitative estimate of drug-likeness (QED) is 0.866. The Bertz CT molecular complexity index is 664. The molecule has 0 heterocycles. The molecule has 116 valence electrons. The molecule has 0 aromatic heterocycles. The van der Waals surface area contributed by atoms with Crippen molar-refractivity contribution in [2.75, 3.05) is 13.2 Å². The average Bonchev–Trinajstić information content (AvgIpc) is 2.49. The normalized spacial score (nSPS) is 10.3. The number of benzene rings is 2. The van der Waals surface area contributed by atoms with Crippen molar-refractivity contribution in [3.8, 4) is 5.75 Å². The molecular formula is C16H14Cl2FNO2. The minimum Gasteiger partial charge on any atom is -0.481 e. The highest BCUT2D eigenvalue weighted by molar-refractivity contribution is 6.35. The van der Waals surface area contributed by atoms with Gasteiger partial charge in [0.25, 0.3) is 5.91 Å². The fraction of sp³-hybridized carbons (Fsp3) is 0.188. The van der Waals surface area contributed by atoms with E-state index in [4.69, 9.17) is 27.9 Å². The van der Waals surface area contributed by atoms with Gasteiger partial charge in [-0.3, -0.25) is 4.79 Å². The van der Waals surface area contributed by atoms with Crippen molar-refractivity contribution in [2.24, 2.45) is 0 Å². The SMILES string of the molecule is O=C(COc1ccccc1F)NCCc1ccc(Cl)cc1Cl. The summed E-state index contributed by atoms with van der Waals surface area (Å²) in [4.78, 5) is 11.6. The van der Waals surface area contributed by atoms with Gasteiger partial charge in [-0.1, -0.05) is 41.4 Å². The zero-order valence-electron chi connectivity index (χ0n) is 11.6. The Balaban J connectivity index is 1.75. The number of hydrogen-bond acceptors (Lipinski definition) is 2. The monoisotopic (exact) mass is 341 g/mol. The summed E-state index contributed by atoms with van der Waals surface area (Å²) >= 11 is 11.9. The Kier molecular flexibility index (Phi) is 6.04. The van der Waals surface area contributed by atoms with Gasteiger partial charge in [0.1, 0.15) is 0 Å². The summed E-state index contributed by atoms with van der Waals surface area (Å²) in [5, 5.41) is 3.81. The number of carbonyl (C=O) groups excluding carboxylic acids is 1. The Morgan fingerprint density at radius 2 is 1.95 bits per heavy atom. The number of carbonyl (C=O) groups is 1. The average molecular weight is 342 g/mol. The first kappa shape index (κ1) is 16.6. The van der Waals surface area contributed by atoms with E-state index in [2.05, 4.69) is 5.32 Å². The highest BCUT2D eigenvalue weighted by Gasteiger charge is 2.07. The lowest BCUT2D eigenvalue weighted by molar-refractivity contribution is -0.123. The summed E-state index contributed by atoms with van der Waals surface area (Å²) in [6.07, 6.45) is 0.571. The maximum atomic E-state index is 13.3. The third-order valence-electron chi connectivity index (χ3n) is 2.93. The maximum absolute atomic E-state index is 13.3. The van der Waals surface area contributed by atoms with Gasteiger partial charge in [0.2, 0.25) is 0 Å². The lowest BCUT2D eigenvalue weighted by Crippen LogP contribution is -2.30. The van der Waals surface area contributed by atoms with Crippen LogP contribution in [0.3, 0.4) is 0 Å². The van der Waals surface area contributed by atoms with E-state index in [1.807, 2.05) is 6.07 Å². The number of ether oxygens (including phenoxy) is 1. The van der Waals surface area contributed by atoms with E-state index in [9.17, 15) is 9.18 Å². The Hall–Kier alpha value is -1.78. The molecule has 0 spiro atoms. The molecule has 0 saturated heterocycles. The van der Waals surface area contributed by atoms with Crippen LogP contribution < -0.4 is 10.1 Å². The van der Waals surface area contributed by atoms with E-state index >= 15 is 0 Å². The summed E-state index contributed by atoms with van der Waals surface area (Å²) in [7, 11) is 0. The van der Waals surface area contributed by atoms with Gasteiger partial charge in [0, 0.05) is 16.6 Å². The Labute approximate surface area is 138 Å². The van der Waals surface area contributed by atoms with Crippen LogP contribution in [0.2, 0.25) is 10.0 Å². The van der Waals surface area contributed by atoms with Crippen molar-refractivity contribution in [1.82, 2.24) is 5.32 Å². The molecule has 1 amide bonds. The fourth-order valence-electron chi connectivity index (χ4n) is 1.82. The molecule has 0 saturated carbocycles. The van der Waals surface area contributed by atoms with Gasteiger partial charge in [-0.15, -0.1) is 0 Å². The molecule has 2 aromatic carbocycles. The number of hydrogen-bond donors (Lipinski definition) is 1. The number of amides is 1. The van der Waals surface area contributed by atoms with Crippen LogP contribution in [-0.4, -0.2) is 19.1 Å². The first-order valence-corrected chi connectivity index (χ1v) is 7.40. The highest BCUT2D eigenvalue weighted by atomic mass is 35.5. The van der Waals surface area contributed by atoms with Crippen molar-refractivity contribution < 1.29 is 13.9 Å². The predicted octanol–water partition coefficient (Wildman–Crippen LogP) is 3.87. The molecule has 0 bridgehead atoms. The third kappa shape index (κ3) is 4.90. The van der Waals surface area contributed by atoms with Gasteiger partial charge in [-0.05, 0) is 36.2 Å². The fourth-order valence-corrected chi connectivity index (χ4v) is 2.32. The molecule has 0 aliphatic rings. The van der Waals surface area contributed by atoms with Crippen LogP contribution in [0.15, 0.2) is 42.5 Å². The summed E-state index contributed by atoms with van der Waals surface area (Å²) in [5.74, 6) is -0.769. The number of nitrogens with one attached hydrogen (secondary N) is 1. The van der Waals surface area contributed by atoms with E-state index in [1.165, 1.54) is 12.1 Å². The zero-order valence-corrected chi connectivity index (χ0v) is 13.1. The summed E-state index contributed by atoms with van der Waals surface area (Å²) in [6.45, 7) is 0.163. The van der Waals surface area contributed by atoms with Crippen LogP contribution >= 0.6 is 23.2 Å². The van der Waals surface area contributed by atoms with E-state index in [0.717, 1.165) is 5.56 Å². The largest absolute Gasteiger partial charge is 0.481 e. The lowest BCUT2D eigenvalue weighted by Gasteiger charge is -2.09. The van der Waals surface area contributed by atoms with Gasteiger partial charge in [-0.2, -0.15) is 0 Å². The summed E-state index contributed by atoms with van der Waals surface area (Å²) in [6, 6.07) is 11.1. The first-order valence-electron chi connectivity index (χ1n) is 6.64. The van der Waals surface area contributed by atoms with Crippen molar-refractivity contribution in [1.29, 1.82) is 0 Å². The zero-order chi connectivity index (χ0) is 15.9. The van der Waals surface area contributed by atoms with Crippen molar-refractivity contribution in [3.63, 3.8) is 0 Å². The molecule has 0 radical (unpaired) electrons. The van der Waals surface area contributed by atoms with E-state index in [0.29, 0.717) is 23.0 Å². The predicted molar refractivity (Wildman–Crippen MR) is 85.1 cm³/mol. The maximum Gasteiger partial charge on any atom is 0.257 e. The Morgan fingerprint density at radius 1 is 1.18 bits per heavy atom. The minimum absolute atomic E-state index is 0.0541. The van der Waals surface area contributed by atoms with Crippen molar-refractivity contribution in [3.05, 3.63) is 63.9 Å². The highest BCUT2D eigenvalue weighted by Crippen LogP contribution is 2.21. The van der Waals surface area contributed by atoms with Crippen LogP contribution in [0.5, 0.6) is 5.75 Å². The molecule has 0 unspecified atom stereocenters. The molecule has 0 fully saturated rings. The van der Waals surface area contributed by atoms with Crippen molar-refractivity contribution in [2.45, 2.75) is 6.42 Å². The molecular weight excluding hydrogens is 328 g/mol. The Morgan fingerprint density at radius 3 is 2.68 bits per heavy atom. The van der Waals surface area contributed by atoms with Gasteiger partial charge >= 0.3 is 0 Å². The molecule has 2 aromatic rings. The van der Waals surface area contributed by atoms with Crippen LogP contribution in [-0.2, 0) is 11.2 Å². The second kappa shape index (κ2) is 8.01. The smallest absolute Gasteiger partial charge is 0.257 e. The number of rotatable bonds is 6. The van der Waals surface area contributed by atoms with Crippen LogP contribution in [0, 0.1) is 5.82 Å². The molecule has 22 heavy (non-hydrogen) atoms. The van der Waals surface area contributed by atoms with Crippen LogP contribution in [0.25, 0.3) is 0 Å². The van der Waals surface area contributed by atoms with Crippen molar-refractivity contribution >= 4 is 29.1 Å². The van der Waals surface area contributed by atoms with E-state index in [1.54, 1.807) is 24.3 Å². The lowest BCUT2D eigenvalue weighted by atomic mass is 10.1. The molecule has 0 atom stereocenters.